The normalized spacial score (nSPS) is 18.1. The second-order valence-electron chi connectivity index (χ2n) is 5.55. The minimum absolute atomic E-state index is 0.161. The highest BCUT2D eigenvalue weighted by atomic mass is 32.2. The van der Waals surface area contributed by atoms with Gasteiger partial charge in [0.25, 0.3) is 5.91 Å². The van der Waals surface area contributed by atoms with E-state index in [0.29, 0.717) is 12.5 Å². The Labute approximate surface area is 152 Å². The molecule has 0 radical (unpaired) electrons. The standard InChI is InChI=1S/C15H12F7NO3S/c1-26-12(25)10-5-6-23(10)11(24)8-3-2-4-9(7-8)27-13(16,14(17,18)19)15(20,21)22/h2-4,7,10H,5-6H2,1H3/t10-/m1/s1. The number of thioether (sulfide) groups is 1. The lowest BCUT2D eigenvalue weighted by Gasteiger charge is -2.38. The van der Waals surface area contributed by atoms with E-state index >= 15 is 0 Å². The second-order valence-corrected chi connectivity index (χ2v) is 6.78. The number of likely N-dealkylation sites (tertiary alicyclic amines) is 1. The third-order valence-electron chi connectivity index (χ3n) is 3.82. The number of alkyl halides is 7. The molecule has 1 aliphatic heterocycles. The fourth-order valence-electron chi connectivity index (χ4n) is 2.31. The quantitative estimate of drug-likeness (QED) is 0.421. The first-order valence-corrected chi connectivity index (χ1v) is 8.13. The van der Waals surface area contributed by atoms with Crippen LogP contribution in [0.3, 0.4) is 0 Å². The van der Waals surface area contributed by atoms with Crippen LogP contribution >= 0.6 is 11.8 Å². The lowest BCUT2D eigenvalue weighted by atomic mass is 10.0. The molecule has 0 saturated carbocycles. The third kappa shape index (κ3) is 3.99. The van der Waals surface area contributed by atoms with Gasteiger partial charge < -0.3 is 9.64 Å². The van der Waals surface area contributed by atoms with Crippen molar-refractivity contribution < 1.29 is 45.1 Å². The summed E-state index contributed by atoms with van der Waals surface area (Å²) in [5, 5.41) is -5.53. The number of nitrogens with zero attached hydrogens (tertiary/aromatic N) is 1. The zero-order valence-electron chi connectivity index (χ0n) is 13.5. The number of ether oxygens (including phenoxy) is 1. The fourth-order valence-corrected chi connectivity index (χ4v) is 3.20. The largest absolute Gasteiger partial charge is 0.467 e. The molecule has 2 rings (SSSR count). The second kappa shape index (κ2) is 7.21. The van der Waals surface area contributed by atoms with Crippen LogP contribution in [-0.2, 0) is 9.53 Å². The predicted molar refractivity (Wildman–Crippen MR) is 79.7 cm³/mol. The maximum absolute atomic E-state index is 13.8. The zero-order valence-corrected chi connectivity index (χ0v) is 14.3. The van der Waals surface area contributed by atoms with Gasteiger partial charge in [-0.05, 0) is 24.6 Å². The van der Waals surface area contributed by atoms with Crippen LogP contribution in [0.2, 0.25) is 0 Å². The van der Waals surface area contributed by atoms with Crippen molar-refractivity contribution in [1.82, 2.24) is 4.90 Å². The molecule has 1 heterocycles. The van der Waals surface area contributed by atoms with Gasteiger partial charge in [0.05, 0.1) is 7.11 Å². The SMILES string of the molecule is COC(=O)[C@H]1CCN1C(=O)c1cccc(SC(F)(C(F)(F)F)C(F)(F)F)c1. The van der Waals surface area contributed by atoms with E-state index in [-0.39, 0.29) is 12.1 Å². The number of esters is 1. The number of benzene rings is 1. The molecule has 1 saturated heterocycles. The molecule has 12 heteroatoms. The lowest BCUT2D eigenvalue weighted by molar-refractivity contribution is -0.302. The van der Waals surface area contributed by atoms with Crippen LogP contribution < -0.4 is 0 Å². The lowest BCUT2D eigenvalue weighted by Crippen LogP contribution is -2.55. The molecule has 1 amide bonds. The summed E-state index contributed by atoms with van der Waals surface area (Å²) in [5.41, 5.74) is -0.277. The molecule has 1 fully saturated rings. The zero-order chi connectivity index (χ0) is 20.6. The number of hydrogen-bond donors (Lipinski definition) is 0. The number of hydrogen-bond acceptors (Lipinski definition) is 4. The molecule has 0 N–H and O–H groups in total. The topological polar surface area (TPSA) is 46.6 Å². The molecule has 150 valence electrons. The molecule has 1 aromatic rings. The first kappa shape index (κ1) is 21.3. The van der Waals surface area contributed by atoms with Crippen LogP contribution in [0, 0.1) is 0 Å². The number of halogens is 7. The van der Waals surface area contributed by atoms with Gasteiger partial charge in [-0.1, -0.05) is 17.8 Å². The maximum atomic E-state index is 13.8. The van der Waals surface area contributed by atoms with Gasteiger partial charge in [0, 0.05) is 17.0 Å². The van der Waals surface area contributed by atoms with Crippen LogP contribution in [0.25, 0.3) is 0 Å². The van der Waals surface area contributed by atoms with Crippen molar-refractivity contribution in [2.45, 2.75) is 34.7 Å². The van der Waals surface area contributed by atoms with Crippen molar-refractivity contribution in [3.05, 3.63) is 29.8 Å². The Morgan fingerprint density at radius 1 is 1.11 bits per heavy atom. The summed E-state index contributed by atoms with van der Waals surface area (Å²) < 4.78 is 94.4. The molecule has 4 nitrogen and oxygen atoms in total. The summed E-state index contributed by atoms with van der Waals surface area (Å²) >= 11 is -1.09. The van der Waals surface area contributed by atoms with Crippen molar-refractivity contribution in [1.29, 1.82) is 0 Å². The molecule has 0 aliphatic carbocycles. The molecule has 0 spiro atoms. The molecule has 0 bridgehead atoms. The third-order valence-corrected chi connectivity index (χ3v) is 5.06. The number of rotatable bonds is 4. The van der Waals surface area contributed by atoms with E-state index in [1.54, 1.807) is 0 Å². The van der Waals surface area contributed by atoms with Crippen LogP contribution in [0.15, 0.2) is 29.2 Å². The van der Waals surface area contributed by atoms with E-state index in [4.69, 9.17) is 0 Å². The van der Waals surface area contributed by atoms with Gasteiger partial charge in [0.2, 0.25) is 0 Å². The summed E-state index contributed by atoms with van der Waals surface area (Å²) in [6, 6.07) is 2.81. The minimum atomic E-state index is -6.22. The summed E-state index contributed by atoms with van der Waals surface area (Å²) in [4.78, 5) is 24.2. The molecule has 1 atom stereocenters. The van der Waals surface area contributed by atoms with Gasteiger partial charge in [-0.15, -0.1) is 0 Å². The monoisotopic (exact) mass is 419 g/mol. The van der Waals surface area contributed by atoms with Gasteiger partial charge in [-0.25, -0.2) is 9.18 Å². The average Bonchev–Trinajstić information content (AvgIpc) is 2.51. The number of carbonyl (C=O) groups excluding carboxylic acids is 2. The Bertz CT molecular complexity index is 721. The van der Waals surface area contributed by atoms with E-state index in [9.17, 15) is 40.3 Å². The first-order valence-electron chi connectivity index (χ1n) is 7.32. The van der Waals surface area contributed by atoms with Gasteiger partial charge >= 0.3 is 23.3 Å². The van der Waals surface area contributed by atoms with Crippen LogP contribution in [0.5, 0.6) is 0 Å². The van der Waals surface area contributed by atoms with Crippen LogP contribution in [-0.4, -0.2) is 53.8 Å². The van der Waals surface area contributed by atoms with Gasteiger partial charge in [0.1, 0.15) is 6.04 Å². The van der Waals surface area contributed by atoms with E-state index in [0.717, 1.165) is 30.2 Å². The summed E-state index contributed by atoms with van der Waals surface area (Å²) in [6.07, 6.45) is -12.1. The number of amides is 1. The van der Waals surface area contributed by atoms with Gasteiger partial charge in [-0.3, -0.25) is 4.79 Å². The fraction of sp³-hybridized carbons (Fsp3) is 0.467. The Hall–Kier alpha value is -1.98. The molecule has 1 aliphatic rings. The number of methoxy groups -OCH3 is 1. The molecular weight excluding hydrogens is 407 g/mol. The molecule has 27 heavy (non-hydrogen) atoms. The van der Waals surface area contributed by atoms with Crippen molar-refractivity contribution in [2.75, 3.05) is 13.7 Å². The van der Waals surface area contributed by atoms with E-state index < -0.39 is 51.9 Å². The Morgan fingerprint density at radius 2 is 1.70 bits per heavy atom. The van der Waals surface area contributed by atoms with Crippen LogP contribution in [0.4, 0.5) is 30.7 Å². The highest BCUT2D eigenvalue weighted by Crippen LogP contribution is 2.55. The average molecular weight is 419 g/mol. The highest BCUT2D eigenvalue weighted by Gasteiger charge is 2.73. The van der Waals surface area contributed by atoms with Crippen molar-refractivity contribution >= 4 is 23.6 Å². The summed E-state index contributed by atoms with van der Waals surface area (Å²) in [5.74, 6) is -1.49. The predicted octanol–water partition coefficient (Wildman–Crippen LogP) is 3.96. The van der Waals surface area contributed by atoms with E-state index in [1.165, 1.54) is 0 Å². The minimum Gasteiger partial charge on any atom is -0.467 e. The summed E-state index contributed by atoms with van der Waals surface area (Å²) in [7, 11) is 1.11. The molecule has 0 aromatic heterocycles. The molecule has 1 aromatic carbocycles. The molecular formula is C15H12F7NO3S. The smallest absolute Gasteiger partial charge is 0.441 e. The van der Waals surface area contributed by atoms with Crippen molar-refractivity contribution in [3.63, 3.8) is 0 Å². The number of carbonyl (C=O) groups is 2. The van der Waals surface area contributed by atoms with Gasteiger partial charge in [0.15, 0.2) is 0 Å². The maximum Gasteiger partial charge on any atom is 0.441 e. The van der Waals surface area contributed by atoms with E-state index in [1.807, 2.05) is 0 Å². The summed E-state index contributed by atoms with van der Waals surface area (Å²) in [6.45, 7) is 0.161. The van der Waals surface area contributed by atoms with Crippen LogP contribution in [0.1, 0.15) is 16.8 Å². The Morgan fingerprint density at radius 3 is 2.15 bits per heavy atom. The first-order chi connectivity index (χ1) is 12.3. The Balaban J connectivity index is 2.27. The van der Waals surface area contributed by atoms with Gasteiger partial charge in [-0.2, -0.15) is 26.3 Å². The van der Waals surface area contributed by atoms with Crippen molar-refractivity contribution in [2.24, 2.45) is 0 Å². The van der Waals surface area contributed by atoms with Crippen molar-refractivity contribution in [3.8, 4) is 0 Å². The molecule has 0 unspecified atom stereocenters. The Kier molecular flexibility index (Phi) is 5.69. The highest BCUT2D eigenvalue weighted by molar-refractivity contribution is 8.00. The van der Waals surface area contributed by atoms with E-state index in [2.05, 4.69) is 4.74 Å².